The van der Waals surface area contributed by atoms with E-state index < -0.39 is 28.5 Å². The molecule has 0 fully saturated rings. The van der Waals surface area contributed by atoms with Gasteiger partial charge in [0.05, 0.1) is 11.1 Å². The van der Waals surface area contributed by atoms with Crippen LogP contribution in [0.1, 0.15) is 42.3 Å². The van der Waals surface area contributed by atoms with Gasteiger partial charge in [-0.3, -0.25) is 14.4 Å². The summed E-state index contributed by atoms with van der Waals surface area (Å²) in [5.41, 5.74) is 4.02. The largest absolute Gasteiger partial charge is 0.507 e. The van der Waals surface area contributed by atoms with Crippen molar-refractivity contribution in [1.29, 1.82) is 0 Å². The zero-order valence-corrected chi connectivity index (χ0v) is 14.2. The Morgan fingerprint density at radius 1 is 1.20 bits per heavy atom. The standard InChI is InChI=1S/C18H17NO6/c1-6-14(22)12(8(3)20)16-13(15(6)23)18(4)10(25-16)5-9(21)11(7(2)19)17(18)24/h5,22-23H,19H2,1-4H3/b11-7+. The molecule has 1 aromatic carbocycles. The van der Waals surface area contributed by atoms with Gasteiger partial charge in [-0.25, -0.2) is 0 Å². The Bertz CT molecular complexity index is 949. The highest BCUT2D eigenvalue weighted by Crippen LogP contribution is 2.57. The molecule has 1 aromatic rings. The minimum absolute atomic E-state index is 0.00898. The van der Waals surface area contributed by atoms with E-state index >= 15 is 0 Å². The molecule has 2 aliphatic rings. The van der Waals surface area contributed by atoms with E-state index in [2.05, 4.69) is 0 Å². The molecule has 1 aliphatic carbocycles. The van der Waals surface area contributed by atoms with E-state index in [0.717, 1.165) is 6.08 Å². The van der Waals surface area contributed by atoms with E-state index in [1.54, 1.807) is 0 Å². The van der Waals surface area contributed by atoms with Crippen LogP contribution in [0.4, 0.5) is 0 Å². The van der Waals surface area contributed by atoms with E-state index in [4.69, 9.17) is 10.5 Å². The molecule has 1 unspecified atom stereocenters. The average Bonchev–Trinajstić information content (AvgIpc) is 2.78. The summed E-state index contributed by atoms with van der Waals surface area (Å²) < 4.78 is 5.61. The lowest BCUT2D eigenvalue weighted by Crippen LogP contribution is -2.40. The van der Waals surface area contributed by atoms with Crippen molar-refractivity contribution in [1.82, 2.24) is 0 Å². The first-order valence-electron chi connectivity index (χ1n) is 7.58. The highest BCUT2D eigenvalue weighted by molar-refractivity contribution is 6.31. The third kappa shape index (κ3) is 1.89. The van der Waals surface area contributed by atoms with Gasteiger partial charge in [-0.15, -0.1) is 0 Å². The quantitative estimate of drug-likeness (QED) is 0.401. The summed E-state index contributed by atoms with van der Waals surface area (Å²) in [6.45, 7) is 5.58. The van der Waals surface area contributed by atoms with E-state index in [9.17, 15) is 24.6 Å². The molecule has 130 valence electrons. The maximum absolute atomic E-state index is 13.0. The summed E-state index contributed by atoms with van der Waals surface area (Å²) >= 11 is 0. The summed E-state index contributed by atoms with van der Waals surface area (Å²) in [5.74, 6) is -2.62. The maximum atomic E-state index is 13.0. The number of carbonyl (C=O) groups is 3. The number of phenols is 2. The fraction of sp³-hybridized carbons (Fsp3) is 0.278. The van der Waals surface area contributed by atoms with Crippen molar-refractivity contribution < 1.29 is 29.3 Å². The summed E-state index contributed by atoms with van der Waals surface area (Å²) in [6.07, 6.45) is 1.13. The van der Waals surface area contributed by atoms with Crippen molar-refractivity contribution in [3.8, 4) is 17.2 Å². The van der Waals surface area contributed by atoms with E-state index in [1.165, 1.54) is 27.7 Å². The number of benzene rings is 1. The zero-order valence-electron chi connectivity index (χ0n) is 14.2. The SMILES string of the molecule is CC(=O)c1c(O)c(C)c(O)c2c1OC1=CC(=O)/C(=C(/C)N)C(=O)C12C. The van der Waals surface area contributed by atoms with Crippen molar-refractivity contribution in [3.05, 3.63) is 39.8 Å². The molecule has 7 heteroatoms. The van der Waals surface area contributed by atoms with Crippen molar-refractivity contribution in [3.63, 3.8) is 0 Å². The second-order valence-corrected chi connectivity index (χ2v) is 6.44. The third-order valence-corrected chi connectivity index (χ3v) is 4.78. The Labute approximate surface area is 143 Å². The molecule has 25 heavy (non-hydrogen) atoms. The number of carbonyl (C=O) groups excluding carboxylic acids is 3. The lowest BCUT2D eigenvalue weighted by atomic mass is 9.70. The smallest absolute Gasteiger partial charge is 0.194 e. The molecule has 0 spiro atoms. The van der Waals surface area contributed by atoms with Gasteiger partial charge in [0.15, 0.2) is 17.3 Å². The van der Waals surface area contributed by atoms with Gasteiger partial charge in [-0.1, -0.05) is 0 Å². The second-order valence-electron chi connectivity index (χ2n) is 6.44. The van der Waals surface area contributed by atoms with Crippen LogP contribution in [-0.4, -0.2) is 27.6 Å². The molecule has 1 aliphatic heterocycles. The number of nitrogens with two attached hydrogens (primary N) is 1. The number of ketones is 3. The van der Waals surface area contributed by atoms with Gasteiger partial charge in [0, 0.05) is 17.3 Å². The molecule has 0 radical (unpaired) electrons. The highest BCUT2D eigenvalue weighted by atomic mass is 16.5. The first-order valence-corrected chi connectivity index (χ1v) is 7.58. The number of Topliss-reactive ketones (excluding diaryl/α,β-unsaturated/α-hetero) is 2. The van der Waals surface area contributed by atoms with Crippen molar-refractivity contribution in [2.24, 2.45) is 5.73 Å². The van der Waals surface area contributed by atoms with Gasteiger partial charge >= 0.3 is 0 Å². The predicted octanol–water partition coefficient (Wildman–Crippen LogP) is 1.53. The Balaban J connectivity index is 2.46. The normalized spacial score (nSPS) is 23.6. The highest BCUT2D eigenvalue weighted by Gasteiger charge is 2.56. The third-order valence-electron chi connectivity index (χ3n) is 4.78. The number of fused-ring (bicyclic) bond motifs is 3. The summed E-state index contributed by atoms with van der Waals surface area (Å²) in [6, 6.07) is 0. The van der Waals surface area contributed by atoms with Crippen molar-refractivity contribution >= 4 is 17.3 Å². The molecule has 0 saturated heterocycles. The molecule has 0 bridgehead atoms. The van der Waals surface area contributed by atoms with Crippen LogP contribution in [0, 0.1) is 6.92 Å². The van der Waals surface area contributed by atoms with Crippen LogP contribution in [-0.2, 0) is 15.0 Å². The first kappa shape index (κ1) is 16.8. The van der Waals surface area contributed by atoms with Crippen LogP contribution in [0.5, 0.6) is 17.2 Å². The van der Waals surface area contributed by atoms with Gasteiger partial charge in [-0.2, -0.15) is 0 Å². The molecule has 7 nitrogen and oxygen atoms in total. The number of ether oxygens (including phenoxy) is 1. The van der Waals surface area contributed by atoms with Crippen LogP contribution in [0.2, 0.25) is 0 Å². The monoisotopic (exact) mass is 343 g/mol. The first-order chi connectivity index (χ1) is 11.5. The Hall–Kier alpha value is -3.09. The second kappa shape index (κ2) is 4.95. The van der Waals surface area contributed by atoms with Crippen molar-refractivity contribution in [2.75, 3.05) is 0 Å². The summed E-state index contributed by atoms with van der Waals surface area (Å²) in [5, 5.41) is 20.8. The number of hydrogen-bond donors (Lipinski definition) is 3. The molecule has 0 amide bonds. The predicted molar refractivity (Wildman–Crippen MR) is 87.5 cm³/mol. The van der Waals surface area contributed by atoms with Crippen LogP contribution in [0.15, 0.2) is 23.1 Å². The minimum Gasteiger partial charge on any atom is -0.507 e. The zero-order chi connectivity index (χ0) is 18.8. The molecule has 4 N–H and O–H groups in total. The van der Waals surface area contributed by atoms with Gasteiger partial charge in [0.1, 0.15) is 34.0 Å². The van der Waals surface area contributed by atoms with E-state index in [-0.39, 0.29) is 45.2 Å². The Morgan fingerprint density at radius 3 is 2.32 bits per heavy atom. The molecule has 0 aromatic heterocycles. The number of phenolic OH excluding ortho intramolecular Hbond substituents is 2. The molecular weight excluding hydrogens is 326 g/mol. The van der Waals surface area contributed by atoms with E-state index in [0.29, 0.717) is 0 Å². The number of rotatable bonds is 1. The van der Waals surface area contributed by atoms with Gasteiger partial charge < -0.3 is 20.7 Å². The summed E-state index contributed by atoms with van der Waals surface area (Å²) in [7, 11) is 0. The lowest BCUT2D eigenvalue weighted by Gasteiger charge is -2.28. The molecular formula is C18H17NO6. The lowest BCUT2D eigenvalue weighted by molar-refractivity contribution is -0.123. The maximum Gasteiger partial charge on any atom is 0.194 e. The van der Waals surface area contributed by atoms with Crippen molar-refractivity contribution in [2.45, 2.75) is 33.1 Å². The number of aromatic hydroxyl groups is 2. The van der Waals surface area contributed by atoms with Gasteiger partial charge in [0.2, 0.25) is 0 Å². The Morgan fingerprint density at radius 2 is 1.80 bits per heavy atom. The molecule has 3 rings (SSSR count). The van der Waals surface area contributed by atoms with Crippen LogP contribution in [0.25, 0.3) is 0 Å². The van der Waals surface area contributed by atoms with Crippen LogP contribution < -0.4 is 10.5 Å². The minimum atomic E-state index is -1.51. The Kier molecular flexibility index (Phi) is 3.32. The summed E-state index contributed by atoms with van der Waals surface area (Å²) in [4.78, 5) is 37.3. The number of hydrogen-bond acceptors (Lipinski definition) is 7. The van der Waals surface area contributed by atoms with Crippen LogP contribution in [0.3, 0.4) is 0 Å². The average molecular weight is 343 g/mol. The fourth-order valence-corrected chi connectivity index (χ4v) is 3.38. The van der Waals surface area contributed by atoms with Gasteiger partial charge in [0.25, 0.3) is 0 Å². The topological polar surface area (TPSA) is 127 Å². The molecule has 1 atom stereocenters. The number of allylic oxidation sites excluding steroid dienone is 4. The van der Waals surface area contributed by atoms with Crippen LogP contribution >= 0.6 is 0 Å². The molecule has 0 saturated carbocycles. The van der Waals surface area contributed by atoms with E-state index in [1.807, 2.05) is 0 Å². The van der Waals surface area contributed by atoms with Gasteiger partial charge in [-0.05, 0) is 27.7 Å². The molecule has 1 heterocycles. The fourth-order valence-electron chi connectivity index (χ4n) is 3.38.